The minimum atomic E-state index is -0.362. The largest absolute Gasteiger partial charge is 0.466 e. The molecule has 0 bridgehead atoms. The normalized spacial score (nSPS) is 15.4. The number of esters is 1. The molecule has 1 saturated heterocycles. The van der Waals surface area contributed by atoms with Gasteiger partial charge in [-0.1, -0.05) is 30.0 Å². The van der Waals surface area contributed by atoms with E-state index in [1.165, 1.54) is 0 Å². The van der Waals surface area contributed by atoms with Crippen LogP contribution in [0.15, 0.2) is 52.2 Å². The van der Waals surface area contributed by atoms with Gasteiger partial charge in [0.05, 0.1) is 25.0 Å². The van der Waals surface area contributed by atoms with Crippen molar-refractivity contribution in [3.05, 3.63) is 48.2 Å². The van der Waals surface area contributed by atoms with Gasteiger partial charge in [-0.25, -0.2) is 0 Å². The number of nitrogens with zero attached hydrogens (tertiary/aromatic N) is 5. The zero-order valence-electron chi connectivity index (χ0n) is 22.7. The molecule has 3 aromatic rings. The molecule has 1 fully saturated rings. The molecule has 10 nitrogen and oxygen atoms in total. The molecule has 4 rings (SSSR count). The van der Waals surface area contributed by atoms with E-state index in [0.29, 0.717) is 56.4 Å². The lowest BCUT2D eigenvalue weighted by Crippen LogP contribution is -2.55. The maximum Gasteiger partial charge on any atom is 0.306 e. The number of hydrogen-bond acceptors (Lipinski definition) is 8. The lowest BCUT2D eigenvalue weighted by molar-refractivity contribution is -0.147. The Labute approximate surface area is 232 Å². The van der Waals surface area contributed by atoms with Crippen LogP contribution in [0.25, 0.3) is 17.3 Å². The summed E-state index contributed by atoms with van der Waals surface area (Å²) in [5.41, 5.74) is 2.07. The average Bonchev–Trinajstić information content (AvgIpc) is 3.60. The molecule has 1 aromatic carbocycles. The summed E-state index contributed by atoms with van der Waals surface area (Å²) in [7, 11) is 0. The molecule has 0 spiro atoms. The molecule has 2 aromatic heterocycles. The van der Waals surface area contributed by atoms with Crippen molar-refractivity contribution in [2.45, 2.75) is 57.7 Å². The highest BCUT2D eigenvalue weighted by molar-refractivity contribution is 7.99. The van der Waals surface area contributed by atoms with Crippen molar-refractivity contribution in [3.8, 4) is 17.3 Å². The number of hydrogen-bond donors (Lipinski definition) is 0. The number of furan rings is 1. The van der Waals surface area contributed by atoms with E-state index in [-0.39, 0.29) is 36.7 Å². The third-order valence-corrected chi connectivity index (χ3v) is 7.66. The van der Waals surface area contributed by atoms with E-state index in [0.717, 1.165) is 16.4 Å². The Balaban J connectivity index is 1.29. The number of aryl methyl sites for hydroxylation is 1. The summed E-state index contributed by atoms with van der Waals surface area (Å²) < 4.78 is 12.5. The second-order valence-corrected chi connectivity index (χ2v) is 10.5. The lowest BCUT2D eigenvalue weighted by Gasteiger charge is -2.40. The van der Waals surface area contributed by atoms with Crippen molar-refractivity contribution >= 4 is 29.5 Å². The summed E-state index contributed by atoms with van der Waals surface area (Å²) >= 11 is 1.56. The second kappa shape index (κ2) is 13.5. The fraction of sp³-hybridized carbons (Fsp3) is 0.464. The van der Waals surface area contributed by atoms with Crippen LogP contribution in [0.1, 0.15) is 45.1 Å². The van der Waals surface area contributed by atoms with Gasteiger partial charge in [0.15, 0.2) is 10.9 Å². The molecule has 0 radical (unpaired) electrons. The number of amides is 2. The highest BCUT2D eigenvalue weighted by Crippen LogP contribution is 2.30. The maximum atomic E-state index is 12.9. The number of piperazine rings is 1. The number of carbonyl (C=O) groups excluding carboxylic acids is 3. The van der Waals surface area contributed by atoms with Crippen LogP contribution in [-0.4, -0.2) is 80.4 Å². The van der Waals surface area contributed by atoms with E-state index in [1.54, 1.807) is 29.8 Å². The van der Waals surface area contributed by atoms with E-state index < -0.39 is 0 Å². The standard InChI is InChI=1S/C28H35N5O5S/c1-4-37-26(36)14-13-25(35)32-16-15-31(19-21(32)3)24(34)12-8-18-39-28-30-29-27(23-11-7-17-38-23)33(28)22-10-6-5-9-20(22)2/h5-7,9-11,17,21H,4,8,12-16,18-19H2,1-3H3. The maximum absolute atomic E-state index is 12.9. The quantitative estimate of drug-likeness (QED) is 0.198. The zero-order chi connectivity index (χ0) is 27.8. The summed E-state index contributed by atoms with van der Waals surface area (Å²) in [6.45, 7) is 7.49. The van der Waals surface area contributed by atoms with Crippen LogP contribution in [0.3, 0.4) is 0 Å². The van der Waals surface area contributed by atoms with Crippen LogP contribution in [-0.2, 0) is 19.1 Å². The van der Waals surface area contributed by atoms with Gasteiger partial charge in [0.1, 0.15) is 0 Å². The summed E-state index contributed by atoms with van der Waals surface area (Å²) in [6.07, 6.45) is 2.93. The van der Waals surface area contributed by atoms with Gasteiger partial charge in [0.25, 0.3) is 0 Å². The number of carbonyl (C=O) groups is 3. The van der Waals surface area contributed by atoms with Crippen LogP contribution in [0.2, 0.25) is 0 Å². The molecule has 2 amide bonds. The molecular formula is C28H35N5O5S. The fourth-order valence-corrected chi connectivity index (χ4v) is 5.53. The summed E-state index contributed by atoms with van der Waals surface area (Å²) in [6, 6.07) is 11.6. The predicted octanol–water partition coefficient (Wildman–Crippen LogP) is 4.11. The molecular weight excluding hydrogens is 518 g/mol. The molecule has 11 heteroatoms. The van der Waals surface area contributed by atoms with Crippen LogP contribution in [0.4, 0.5) is 0 Å². The minimum absolute atomic E-state index is 0.0780. The molecule has 39 heavy (non-hydrogen) atoms. The molecule has 1 aliphatic rings. The summed E-state index contributed by atoms with van der Waals surface area (Å²) in [5.74, 6) is 1.62. The van der Waals surface area contributed by atoms with Crippen LogP contribution in [0.5, 0.6) is 0 Å². The first-order chi connectivity index (χ1) is 18.9. The van der Waals surface area contributed by atoms with E-state index in [2.05, 4.69) is 10.2 Å². The molecule has 0 saturated carbocycles. The number of rotatable bonds is 11. The first kappa shape index (κ1) is 28.4. The van der Waals surface area contributed by atoms with Crippen molar-refractivity contribution in [1.29, 1.82) is 0 Å². The SMILES string of the molecule is CCOC(=O)CCC(=O)N1CCN(C(=O)CCCSc2nnc(-c3ccco3)n2-c2ccccc2C)CC1C. The Hall–Kier alpha value is -3.60. The monoisotopic (exact) mass is 553 g/mol. The number of thioether (sulfide) groups is 1. The number of ether oxygens (including phenoxy) is 1. The van der Waals surface area contributed by atoms with Crippen molar-refractivity contribution in [2.75, 3.05) is 32.0 Å². The van der Waals surface area contributed by atoms with E-state index in [9.17, 15) is 14.4 Å². The Morgan fingerprint density at radius 3 is 2.59 bits per heavy atom. The van der Waals surface area contributed by atoms with E-state index in [1.807, 2.05) is 59.7 Å². The average molecular weight is 554 g/mol. The van der Waals surface area contributed by atoms with Gasteiger partial charge in [0, 0.05) is 44.3 Å². The van der Waals surface area contributed by atoms with Gasteiger partial charge in [-0.15, -0.1) is 10.2 Å². The Bertz CT molecular complexity index is 1280. The third-order valence-electron chi connectivity index (χ3n) is 6.65. The number of aromatic nitrogens is 3. The van der Waals surface area contributed by atoms with Gasteiger partial charge in [0.2, 0.25) is 17.6 Å². The Morgan fingerprint density at radius 1 is 1.05 bits per heavy atom. The van der Waals surface area contributed by atoms with Crippen LogP contribution in [0, 0.1) is 6.92 Å². The zero-order valence-corrected chi connectivity index (χ0v) is 23.5. The smallest absolute Gasteiger partial charge is 0.306 e. The summed E-state index contributed by atoms with van der Waals surface area (Å²) in [4.78, 5) is 40.6. The van der Waals surface area contributed by atoms with Crippen LogP contribution < -0.4 is 0 Å². The van der Waals surface area contributed by atoms with Gasteiger partial charge < -0.3 is 19.0 Å². The highest BCUT2D eigenvalue weighted by Gasteiger charge is 2.29. The van der Waals surface area contributed by atoms with Crippen molar-refractivity contribution in [3.63, 3.8) is 0 Å². The highest BCUT2D eigenvalue weighted by atomic mass is 32.2. The van der Waals surface area contributed by atoms with Gasteiger partial charge in [-0.2, -0.15) is 0 Å². The number of para-hydroxylation sites is 1. The summed E-state index contributed by atoms with van der Waals surface area (Å²) in [5, 5.41) is 9.55. The predicted molar refractivity (Wildman–Crippen MR) is 147 cm³/mol. The van der Waals surface area contributed by atoms with Crippen molar-refractivity contribution in [1.82, 2.24) is 24.6 Å². The molecule has 0 N–H and O–H groups in total. The molecule has 1 unspecified atom stereocenters. The molecule has 3 heterocycles. The first-order valence-corrected chi connectivity index (χ1v) is 14.3. The Kier molecular flexibility index (Phi) is 9.80. The molecule has 0 aliphatic carbocycles. The van der Waals surface area contributed by atoms with Gasteiger partial charge in [-0.05, 0) is 51.0 Å². The molecule has 1 aliphatic heterocycles. The van der Waals surface area contributed by atoms with E-state index in [4.69, 9.17) is 9.15 Å². The minimum Gasteiger partial charge on any atom is -0.466 e. The lowest BCUT2D eigenvalue weighted by atomic mass is 10.1. The Morgan fingerprint density at radius 2 is 1.87 bits per heavy atom. The second-order valence-electron chi connectivity index (χ2n) is 9.44. The van der Waals surface area contributed by atoms with Gasteiger partial charge >= 0.3 is 5.97 Å². The topological polar surface area (TPSA) is 111 Å². The van der Waals surface area contributed by atoms with Crippen LogP contribution >= 0.6 is 11.8 Å². The first-order valence-electron chi connectivity index (χ1n) is 13.3. The van der Waals surface area contributed by atoms with Crippen molar-refractivity contribution < 1.29 is 23.5 Å². The molecule has 1 atom stereocenters. The fourth-order valence-electron chi connectivity index (χ4n) is 4.65. The third kappa shape index (κ3) is 7.08. The van der Waals surface area contributed by atoms with Gasteiger partial charge in [-0.3, -0.25) is 19.0 Å². The van der Waals surface area contributed by atoms with E-state index >= 15 is 0 Å². The number of benzene rings is 1. The molecule has 208 valence electrons. The van der Waals surface area contributed by atoms with Crippen molar-refractivity contribution in [2.24, 2.45) is 0 Å².